The minimum Gasteiger partial charge on any atom is -0.275 e. The first-order chi connectivity index (χ1) is 2.81. The highest BCUT2D eigenvalue weighted by Gasteiger charge is 1.91. The van der Waals surface area contributed by atoms with Gasteiger partial charge in [0.15, 0.2) is 8.46 Å². The Morgan fingerprint density at radius 3 is 2.33 bits per heavy atom. The summed E-state index contributed by atoms with van der Waals surface area (Å²) < 4.78 is 9.83. The summed E-state index contributed by atoms with van der Waals surface area (Å²) >= 11 is 0. The summed E-state index contributed by atoms with van der Waals surface area (Å²) in [6.07, 6.45) is 1.01. The highest BCUT2D eigenvalue weighted by Crippen LogP contribution is 2.06. The lowest BCUT2D eigenvalue weighted by Gasteiger charge is -1.87. The number of rotatable bonds is 2. The van der Waals surface area contributed by atoms with E-state index in [0.717, 1.165) is 6.42 Å². The molecular weight excluding hydrogens is 95.0 g/mol. The van der Waals surface area contributed by atoms with Gasteiger partial charge in [-0.05, 0) is 6.42 Å². The van der Waals surface area contributed by atoms with Gasteiger partial charge < -0.3 is 0 Å². The zero-order valence-electron chi connectivity index (χ0n) is 4.14. The van der Waals surface area contributed by atoms with Crippen LogP contribution >= 0.6 is 8.46 Å². The van der Waals surface area contributed by atoms with Gasteiger partial charge in [0.05, 0.1) is 0 Å². The Bertz CT molecular complexity index is 44.8. The molecule has 0 aromatic heterocycles. The van der Waals surface area contributed by atoms with Crippen molar-refractivity contribution < 1.29 is 4.57 Å². The molecule has 0 N–H and O–H groups in total. The van der Waals surface area contributed by atoms with Gasteiger partial charge in [-0.3, -0.25) is 4.57 Å². The topological polar surface area (TPSA) is 17.1 Å². The van der Waals surface area contributed by atoms with E-state index in [1.165, 1.54) is 0 Å². The molecule has 0 radical (unpaired) electrons. The Hall–Kier alpha value is 0.100. The lowest BCUT2D eigenvalue weighted by atomic mass is 10.4. The summed E-state index contributed by atoms with van der Waals surface area (Å²) in [6.45, 7) is 3.98. The lowest BCUT2D eigenvalue weighted by Crippen LogP contribution is -1.82. The maximum Gasteiger partial charge on any atom is 0.158 e. The van der Waals surface area contributed by atoms with Crippen LogP contribution < -0.4 is 0 Å². The molecule has 0 aliphatic carbocycles. The van der Waals surface area contributed by atoms with Crippen molar-refractivity contribution in [3.63, 3.8) is 0 Å². The fourth-order valence-electron chi connectivity index (χ4n) is 0.0745. The summed E-state index contributed by atoms with van der Waals surface area (Å²) in [5.41, 5.74) is 0.352. The molecule has 0 bridgehead atoms. The highest BCUT2D eigenvalue weighted by molar-refractivity contribution is 7.24. The third kappa shape index (κ3) is 2.34. The molecule has 0 aromatic carbocycles. The lowest BCUT2D eigenvalue weighted by molar-refractivity contribution is 0.591. The molecule has 0 rings (SSSR count). The smallest absolute Gasteiger partial charge is 0.158 e. The van der Waals surface area contributed by atoms with E-state index in [0.29, 0.717) is 5.66 Å². The summed E-state index contributed by atoms with van der Waals surface area (Å²) in [5.74, 6) is 0. The minimum atomic E-state index is 0.278. The van der Waals surface area contributed by atoms with Gasteiger partial charge in [0.25, 0.3) is 0 Å². The van der Waals surface area contributed by atoms with Gasteiger partial charge in [-0.25, -0.2) is 0 Å². The Kier molecular flexibility index (Phi) is 3.35. The molecule has 1 atom stereocenters. The molecule has 36 valence electrons. The molecule has 2 heteroatoms. The van der Waals surface area contributed by atoms with Gasteiger partial charge in [0.1, 0.15) is 0 Å². The first-order valence-electron chi connectivity index (χ1n) is 2.13. The van der Waals surface area contributed by atoms with E-state index in [2.05, 4.69) is 0 Å². The van der Waals surface area contributed by atoms with Gasteiger partial charge in [0, 0.05) is 5.66 Å². The van der Waals surface area contributed by atoms with E-state index in [1.54, 1.807) is 0 Å². The van der Waals surface area contributed by atoms with Crippen LogP contribution in [0.5, 0.6) is 0 Å². The normalized spacial score (nSPS) is 15.0. The predicted octanol–water partition coefficient (Wildman–Crippen LogP) is 2.08. The van der Waals surface area contributed by atoms with Gasteiger partial charge in [0.2, 0.25) is 0 Å². The van der Waals surface area contributed by atoms with Crippen LogP contribution in [0.2, 0.25) is 0 Å². The minimum absolute atomic E-state index is 0.278. The molecule has 0 aliphatic heterocycles. The molecule has 0 saturated carbocycles. The van der Waals surface area contributed by atoms with Gasteiger partial charge in [-0.15, -0.1) is 0 Å². The average molecular weight is 104 g/mol. The fraction of sp³-hybridized carbons (Fsp3) is 1.00. The van der Waals surface area contributed by atoms with E-state index in [1.807, 2.05) is 13.8 Å². The Morgan fingerprint density at radius 1 is 1.83 bits per heavy atom. The van der Waals surface area contributed by atoms with Crippen molar-refractivity contribution in [3.8, 4) is 0 Å². The van der Waals surface area contributed by atoms with Crippen molar-refractivity contribution in [1.82, 2.24) is 0 Å². The van der Waals surface area contributed by atoms with E-state index < -0.39 is 0 Å². The van der Waals surface area contributed by atoms with Crippen LogP contribution in [0.4, 0.5) is 0 Å². The summed E-state index contributed by atoms with van der Waals surface area (Å²) in [6, 6.07) is 0. The van der Waals surface area contributed by atoms with Crippen LogP contribution in [0.1, 0.15) is 20.3 Å². The second-order valence-electron chi connectivity index (χ2n) is 1.36. The number of hydrogen-bond acceptors (Lipinski definition) is 1. The SMILES string of the molecule is CCC(C)P=O. The van der Waals surface area contributed by atoms with Crippen LogP contribution in [0.3, 0.4) is 0 Å². The van der Waals surface area contributed by atoms with Crippen molar-refractivity contribution >= 4 is 8.46 Å². The molecule has 0 spiro atoms. The third-order valence-electron chi connectivity index (χ3n) is 0.771. The van der Waals surface area contributed by atoms with E-state index in [-0.39, 0.29) is 8.46 Å². The Labute approximate surface area is 40.0 Å². The van der Waals surface area contributed by atoms with Crippen LogP contribution in [-0.4, -0.2) is 5.66 Å². The molecule has 0 saturated heterocycles. The maximum atomic E-state index is 9.83. The maximum absolute atomic E-state index is 9.83. The Balaban J connectivity index is 2.96. The van der Waals surface area contributed by atoms with Crippen molar-refractivity contribution in [2.24, 2.45) is 0 Å². The van der Waals surface area contributed by atoms with Crippen molar-refractivity contribution in [2.45, 2.75) is 25.9 Å². The van der Waals surface area contributed by atoms with Crippen LogP contribution in [0, 0.1) is 0 Å². The van der Waals surface area contributed by atoms with Crippen molar-refractivity contribution in [1.29, 1.82) is 0 Å². The zero-order chi connectivity index (χ0) is 4.99. The van der Waals surface area contributed by atoms with Crippen molar-refractivity contribution in [2.75, 3.05) is 0 Å². The molecule has 0 heterocycles. The van der Waals surface area contributed by atoms with Crippen LogP contribution in [0.25, 0.3) is 0 Å². The fourth-order valence-corrected chi connectivity index (χ4v) is 0.224. The van der Waals surface area contributed by atoms with Crippen molar-refractivity contribution in [3.05, 3.63) is 0 Å². The molecule has 0 amide bonds. The molecule has 1 nitrogen and oxygen atoms in total. The third-order valence-corrected chi connectivity index (χ3v) is 1.50. The van der Waals surface area contributed by atoms with Gasteiger partial charge in [-0.2, -0.15) is 0 Å². The highest BCUT2D eigenvalue weighted by atomic mass is 31.1. The quantitative estimate of drug-likeness (QED) is 0.490. The zero-order valence-corrected chi connectivity index (χ0v) is 5.03. The summed E-state index contributed by atoms with van der Waals surface area (Å²) in [4.78, 5) is 0. The summed E-state index contributed by atoms with van der Waals surface area (Å²) in [5, 5.41) is 0. The van der Waals surface area contributed by atoms with Crippen LogP contribution in [0.15, 0.2) is 0 Å². The first kappa shape index (κ1) is 6.10. The molecule has 0 aromatic rings. The summed E-state index contributed by atoms with van der Waals surface area (Å²) in [7, 11) is 0.278. The Morgan fingerprint density at radius 2 is 2.33 bits per heavy atom. The van der Waals surface area contributed by atoms with E-state index in [9.17, 15) is 4.57 Å². The molecule has 6 heavy (non-hydrogen) atoms. The van der Waals surface area contributed by atoms with Gasteiger partial charge in [-0.1, -0.05) is 13.8 Å². The molecule has 0 fully saturated rings. The number of hydrogen-bond donors (Lipinski definition) is 0. The first-order valence-corrected chi connectivity index (χ1v) is 3.02. The monoisotopic (exact) mass is 104 g/mol. The predicted molar refractivity (Wildman–Crippen MR) is 27.4 cm³/mol. The molecule has 0 aliphatic rings. The van der Waals surface area contributed by atoms with Crippen LogP contribution in [-0.2, 0) is 4.57 Å². The second-order valence-corrected chi connectivity index (χ2v) is 2.46. The standard InChI is InChI=1S/C4H9OP/c1-3-4(2)6-5/h4H,3H2,1-2H3. The average Bonchev–Trinajstić information content (AvgIpc) is 1.65. The van der Waals surface area contributed by atoms with E-state index in [4.69, 9.17) is 0 Å². The largest absolute Gasteiger partial charge is 0.275 e. The van der Waals surface area contributed by atoms with Gasteiger partial charge >= 0.3 is 0 Å². The molecule has 1 unspecified atom stereocenters. The molecular formula is C4H9OP. The second kappa shape index (κ2) is 3.30. The van der Waals surface area contributed by atoms with E-state index >= 15 is 0 Å².